The van der Waals surface area contributed by atoms with E-state index in [1.807, 2.05) is 18.1 Å². The number of hydrogen-bond donors (Lipinski definition) is 1. The van der Waals surface area contributed by atoms with Gasteiger partial charge in [-0.15, -0.1) is 0 Å². The summed E-state index contributed by atoms with van der Waals surface area (Å²) in [6.45, 7) is 1.51. The monoisotopic (exact) mass is 481 g/mol. The maximum absolute atomic E-state index is 14.1. The minimum atomic E-state index is -0.650. The quantitative estimate of drug-likeness (QED) is 0.622. The minimum absolute atomic E-state index is 0.105. The van der Waals surface area contributed by atoms with Crippen LogP contribution >= 0.6 is 0 Å². The van der Waals surface area contributed by atoms with Crippen LogP contribution in [0.4, 0.5) is 8.78 Å². The van der Waals surface area contributed by atoms with E-state index in [-0.39, 0.29) is 30.3 Å². The molecule has 0 saturated carbocycles. The van der Waals surface area contributed by atoms with Crippen LogP contribution in [0.1, 0.15) is 47.5 Å². The van der Waals surface area contributed by atoms with Crippen LogP contribution < -0.4 is 5.32 Å². The second kappa shape index (κ2) is 9.73. The van der Waals surface area contributed by atoms with Gasteiger partial charge in [0.15, 0.2) is 0 Å². The minimum Gasteiger partial charge on any atom is -0.350 e. The van der Waals surface area contributed by atoms with Gasteiger partial charge in [0, 0.05) is 31.3 Å². The Labute approximate surface area is 202 Å². The number of hydrogen-bond acceptors (Lipinski definition) is 4. The Morgan fingerprint density at radius 3 is 2.66 bits per heavy atom. The van der Waals surface area contributed by atoms with Gasteiger partial charge in [-0.2, -0.15) is 0 Å². The average molecular weight is 482 g/mol. The third-order valence-corrected chi connectivity index (χ3v) is 7.30. The molecule has 2 aliphatic heterocycles. The molecule has 4 heterocycles. The summed E-state index contributed by atoms with van der Waals surface area (Å²) in [7, 11) is 1.94. The molecule has 0 radical (unpaired) electrons. The van der Waals surface area contributed by atoms with Crippen LogP contribution in [0.3, 0.4) is 0 Å². The van der Waals surface area contributed by atoms with Crippen LogP contribution in [0.5, 0.6) is 0 Å². The standard InChI is InChI=1S/C26H29F2N5O2/c1-31-8-3-2-6-23(31)25(34)30-22-15-32(10-7-20(22)17-11-18(27)13-19(28)12-17)26(35)21-5-4-9-33-16-29-14-24(21)33/h4-5,9,11-14,16,20,22-23H,2-3,6-8,10,15H2,1H3,(H,30,34)/t20-,22+,23+/m0/s1. The van der Waals surface area contributed by atoms with E-state index in [1.165, 1.54) is 12.1 Å². The van der Waals surface area contributed by atoms with Gasteiger partial charge in [-0.3, -0.25) is 14.5 Å². The van der Waals surface area contributed by atoms with Crippen molar-refractivity contribution in [2.24, 2.45) is 0 Å². The molecule has 0 bridgehead atoms. The molecular formula is C26H29F2N5O2. The first-order chi connectivity index (χ1) is 16.9. The molecule has 35 heavy (non-hydrogen) atoms. The summed E-state index contributed by atoms with van der Waals surface area (Å²) in [4.78, 5) is 34.6. The lowest BCUT2D eigenvalue weighted by Gasteiger charge is -2.41. The van der Waals surface area contributed by atoms with E-state index >= 15 is 0 Å². The lowest BCUT2D eigenvalue weighted by atomic mass is 9.84. The molecule has 9 heteroatoms. The lowest BCUT2D eigenvalue weighted by Crippen LogP contribution is -2.57. The Hall–Kier alpha value is -3.33. The zero-order chi connectivity index (χ0) is 24.5. The molecule has 3 atom stereocenters. The number of piperidine rings is 2. The number of amides is 2. The van der Waals surface area contributed by atoms with Crippen LogP contribution in [0.15, 0.2) is 49.1 Å². The average Bonchev–Trinajstić information content (AvgIpc) is 3.32. The molecule has 1 N–H and O–H groups in total. The van der Waals surface area contributed by atoms with Crippen molar-refractivity contribution in [1.82, 2.24) is 24.5 Å². The zero-order valence-electron chi connectivity index (χ0n) is 19.7. The van der Waals surface area contributed by atoms with Gasteiger partial charge in [0.1, 0.15) is 11.6 Å². The van der Waals surface area contributed by atoms with Gasteiger partial charge in [-0.1, -0.05) is 6.42 Å². The van der Waals surface area contributed by atoms with Gasteiger partial charge in [-0.05, 0) is 62.7 Å². The lowest BCUT2D eigenvalue weighted by molar-refractivity contribution is -0.128. The molecular weight excluding hydrogens is 452 g/mol. The molecule has 0 unspecified atom stereocenters. The number of carbonyl (C=O) groups excluding carboxylic acids is 2. The number of nitrogens with one attached hydrogen (secondary N) is 1. The number of likely N-dealkylation sites (tertiary alicyclic amines) is 2. The van der Waals surface area contributed by atoms with E-state index in [0.29, 0.717) is 29.6 Å². The first-order valence-electron chi connectivity index (χ1n) is 12.1. The van der Waals surface area contributed by atoms with Crippen LogP contribution in [0, 0.1) is 11.6 Å². The molecule has 2 aromatic heterocycles. The fourth-order valence-corrected chi connectivity index (χ4v) is 5.46. The van der Waals surface area contributed by atoms with E-state index < -0.39 is 17.7 Å². The van der Waals surface area contributed by atoms with Crippen molar-refractivity contribution < 1.29 is 18.4 Å². The van der Waals surface area contributed by atoms with Crippen LogP contribution in [0.25, 0.3) is 5.52 Å². The van der Waals surface area contributed by atoms with Gasteiger partial charge >= 0.3 is 0 Å². The number of likely N-dealkylation sites (N-methyl/N-ethyl adjacent to an activating group) is 1. The number of rotatable bonds is 4. The van der Waals surface area contributed by atoms with E-state index in [2.05, 4.69) is 10.3 Å². The highest BCUT2D eigenvalue weighted by Crippen LogP contribution is 2.31. The Bertz CT molecular complexity index is 1230. The van der Waals surface area contributed by atoms with Crippen LogP contribution in [0.2, 0.25) is 0 Å². The maximum Gasteiger partial charge on any atom is 0.256 e. The van der Waals surface area contributed by atoms with Crippen molar-refractivity contribution in [2.45, 2.75) is 43.7 Å². The highest BCUT2D eigenvalue weighted by molar-refractivity contribution is 6.00. The molecule has 2 aliphatic rings. The van der Waals surface area contributed by atoms with Crippen molar-refractivity contribution in [3.05, 3.63) is 71.8 Å². The third-order valence-electron chi connectivity index (χ3n) is 7.30. The number of imidazole rings is 1. The van der Waals surface area contributed by atoms with E-state index in [9.17, 15) is 18.4 Å². The third kappa shape index (κ3) is 4.77. The molecule has 7 nitrogen and oxygen atoms in total. The van der Waals surface area contributed by atoms with Gasteiger partial charge in [-0.25, -0.2) is 13.8 Å². The largest absolute Gasteiger partial charge is 0.350 e. The molecule has 1 aromatic carbocycles. The first-order valence-corrected chi connectivity index (χ1v) is 12.1. The number of aromatic nitrogens is 2. The first kappa shape index (κ1) is 23.4. The summed E-state index contributed by atoms with van der Waals surface area (Å²) in [5.74, 6) is -1.88. The topological polar surface area (TPSA) is 70.0 Å². The van der Waals surface area contributed by atoms with Crippen molar-refractivity contribution in [3.8, 4) is 0 Å². The van der Waals surface area contributed by atoms with Crippen molar-refractivity contribution in [2.75, 3.05) is 26.7 Å². The van der Waals surface area contributed by atoms with Crippen molar-refractivity contribution in [1.29, 1.82) is 0 Å². The van der Waals surface area contributed by atoms with Gasteiger partial charge < -0.3 is 14.6 Å². The molecule has 2 fully saturated rings. The fraction of sp³-hybridized carbons (Fsp3) is 0.423. The second-order valence-electron chi connectivity index (χ2n) is 9.56. The summed E-state index contributed by atoms with van der Waals surface area (Å²) < 4.78 is 29.9. The summed E-state index contributed by atoms with van der Waals surface area (Å²) in [6.07, 6.45) is 8.38. The smallest absolute Gasteiger partial charge is 0.256 e. The van der Waals surface area contributed by atoms with Crippen molar-refractivity contribution >= 4 is 17.3 Å². The van der Waals surface area contributed by atoms with Gasteiger partial charge in [0.05, 0.1) is 35.7 Å². The SMILES string of the molecule is CN1CCCC[C@@H]1C(=O)N[C@@H]1CN(C(=O)c2cccn3cncc23)CC[C@H]1c1cc(F)cc(F)c1. The molecule has 5 rings (SSSR count). The normalized spacial score (nSPS) is 23.4. The summed E-state index contributed by atoms with van der Waals surface area (Å²) >= 11 is 0. The van der Waals surface area contributed by atoms with Crippen LogP contribution in [-0.2, 0) is 4.79 Å². The molecule has 2 saturated heterocycles. The van der Waals surface area contributed by atoms with E-state index in [4.69, 9.17) is 0 Å². The Morgan fingerprint density at radius 2 is 1.89 bits per heavy atom. The van der Waals surface area contributed by atoms with Crippen LogP contribution in [-0.4, -0.2) is 69.8 Å². The van der Waals surface area contributed by atoms with Crippen molar-refractivity contribution in [3.63, 3.8) is 0 Å². The maximum atomic E-state index is 14.1. The number of halogens is 2. The molecule has 0 spiro atoms. The molecule has 3 aromatic rings. The summed E-state index contributed by atoms with van der Waals surface area (Å²) in [5.41, 5.74) is 1.73. The molecule has 2 amide bonds. The van der Waals surface area contributed by atoms with E-state index in [0.717, 1.165) is 31.9 Å². The number of benzene rings is 1. The summed E-state index contributed by atoms with van der Waals surface area (Å²) in [6, 6.07) is 6.33. The number of nitrogens with zero attached hydrogens (tertiary/aromatic N) is 4. The zero-order valence-corrected chi connectivity index (χ0v) is 19.7. The highest BCUT2D eigenvalue weighted by Gasteiger charge is 2.36. The number of carbonyl (C=O) groups is 2. The number of pyridine rings is 1. The molecule has 0 aliphatic carbocycles. The Morgan fingerprint density at radius 1 is 1.09 bits per heavy atom. The molecule has 184 valence electrons. The fourth-order valence-electron chi connectivity index (χ4n) is 5.46. The highest BCUT2D eigenvalue weighted by atomic mass is 19.1. The predicted octanol–water partition coefficient (Wildman–Crippen LogP) is 3.21. The Kier molecular flexibility index (Phi) is 6.51. The Balaban J connectivity index is 1.42. The summed E-state index contributed by atoms with van der Waals surface area (Å²) in [5, 5.41) is 3.14. The van der Waals surface area contributed by atoms with E-state index in [1.54, 1.807) is 34.0 Å². The van der Waals surface area contributed by atoms with Gasteiger partial charge in [0.2, 0.25) is 5.91 Å². The second-order valence-corrected chi connectivity index (χ2v) is 9.56. The van der Waals surface area contributed by atoms with Gasteiger partial charge in [0.25, 0.3) is 5.91 Å². The predicted molar refractivity (Wildman–Crippen MR) is 127 cm³/mol. The number of fused-ring (bicyclic) bond motifs is 1.